The lowest BCUT2D eigenvalue weighted by atomic mass is 10.1. The number of rotatable bonds is 3. The normalized spacial score (nSPS) is 16.5. The maximum atomic E-state index is 4.19. The van der Waals surface area contributed by atoms with Gasteiger partial charge in [-0.25, -0.2) is 0 Å². The van der Waals surface area contributed by atoms with Crippen LogP contribution in [0.3, 0.4) is 0 Å². The summed E-state index contributed by atoms with van der Waals surface area (Å²) in [6, 6.07) is 8.78. The zero-order valence-electron chi connectivity index (χ0n) is 11.0. The summed E-state index contributed by atoms with van der Waals surface area (Å²) in [4.78, 5) is 1.47. The van der Waals surface area contributed by atoms with Crippen LogP contribution in [0.25, 0.3) is 11.4 Å². The van der Waals surface area contributed by atoms with Gasteiger partial charge in [-0.2, -0.15) is 4.80 Å². The number of aromatic nitrogens is 4. The SMILES string of the molecule is Cn1nnc(-c2ccc(NC3CCNCC3)cc2)n1. The molecule has 19 heavy (non-hydrogen) atoms. The maximum absolute atomic E-state index is 4.19. The highest BCUT2D eigenvalue weighted by Crippen LogP contribution is 2.19. The largest absolute Gasteiger partial charge is 0.382 e. The molecule has 0 spiro atoms. The van der Waals surface area contributed by atoms with Crippen LogP contribution in [-0.4, -0.2) is 39.3 Å². The number of piperidine rings is 1. The van der Waals surface area contributed by atoms with Gasteiger partial charge in [-0.15, -0.1) is 10.2 Å². The van der Waals surface area contributed by atoms with Gasteiger partial charge in [-0.3, -0.25) is 0 Å². The number of nitrogens with one attached hydrogen (secondary N) is 2. The second kappa shape index (κ2) is 5.36. The lowest BCUT2D eigenvalue weighted by molar-refractivity contribution is 0.479. The second-order valence-electron chi connectivity index (χ2n) is 4.85. The summed E-state index contributed by atoms with van der Waals surface area (Å²) in [5.74, 6) is 0.663. The van der Waals surface area contributed by atoms with Gasteiger partial charge in [0.05, 0.1) is 7.05 Å². The van der Waals surface area contributed by atoms with Gasteiger partial charge in [0.25, 0.3) is 0 Å². The highest BCUT2D eigenvalue weighted by molar-refractivity contribution is 5.59. The van der Waals surface area contributed by atoms with Crippen molar-refractivity contribution in [2.45, 2.75) is 18.9 Å². The van der Waals surface area contributed by atoms with E-state index in [1.807, 2.05) is 12.1 Å². The average molecular weight is 258 g/mol. The van der Waals surface area contributed by atoms with Gasteiger partial charge < -0.3 is 10.6 Å². The summed E-state index contributed by atoms with van der Waals surface area (Å²) in [5.41, 5.74) is 2.14. The van der Waals surface area contributed by atoms with E-state index in [0.717, 1.165) is 24.3 Å². The Morgan fingerprint density at radius 3 is 2.58 bits per heavy atom. The first-order valence-corrected chi connectivity index (χ1v) is 6.63. The quantitative estimate of drug-likeness (QED) is 0.861. The first-order chi connectivity index (χ1) is 9.31. The smallest absolute Gasteiger partial charge is 0.204 e. The van der Waals surface area contributed by atoms with E-state index in [4.69, 9.17) is 0 Å². The summed E-state index contributed by atoms with van der Waals surface area (Å²) < 4.78 is 0. The molecule has 1 saturated heterocycles. The molecular weight excluding hydrogens is 240 g/mol. The molecule has 3 rings (SSSR count). The second-order valence-corrected chi connectivity index (χ2v) is 4.85. The minimum Gasteiger partial charge on any atom is -0.382 e. The Morgan fingerprint density at radius 1 is 1.21 bits per heavy atom. The Morgan fingerprint density at radius 2 is 1.95 bits per heavy atom. The van der Waals surface area contributed by atoms with E-state index in [0.29, 0.717) is 11.9 Å². The topological polar surface area (TPSA) is 67.7 Å². The molecule has 0 saturated carbocycles. The zero-order valence-corrected chi connectivity index (χ0v) is 11.0. The van der Waals surface area contributed by atoms with Gasteiger partial charge in [-0.1, -0.05) is 0 Å². The molecule has 6 nitrogen and oxygen atoms in total. The van der Waals surface area contributed by atoms with Crippen LogP contribution in [0, 0.1) is 0 Å². The van der Waals surface area contributed by atoms with Crippen LogP contribution in [0.2, 0.25) is 0 Å². The van der Waals surface area contributed by atoms with Crippen LogP contribution in [-0.2, 0) is 7.05 Å². The highest BCUT2D eigenvalue weighted by atomic mass is 15.6. The van der Waals surface area contributed by atoms with E-state index < -0.39 is 0 Å². The Balaban J connectivity index is 1.68. The summed E-state index contributed by atoms with van der Waals surface area (Å²) in [5, 5.41) is 19.0. The Hall–Kier alpha value is -1.95. The molecule has 0 bridgehead atoms. The molecule has 1 aliphatic rings. The van der Waals surface area contributed by atoms with Crippen molar-refractivity contribution in [2.24, 2.45) is 7.05 Å². The highest BCUT2D eigenvalue weighted by Gasteiger charge is 2.12. The van der Waals surface area contributed by atoms with Gasteiger partial charge in [0.2, 0.25) is 5.82 Å². The predicted octanol–water partition coefficient (Wildman–Crippen LogP) is 1.04. The molecule has 0 atom stereocenters. The third-order valence-electron chi connectivity index (χ3n) is 3.36. The molecule has 0 unspecified atom stereocenters. The first-order valence-electron chi connectivity index (χ1n) is 6.63. The van der Waals surface area contributed by atoms with Crippen LogP contribution >= 0.6 is 0 Å². The molecule has 100 valence electrons. The molecule has 2 heterocycles. The molecule has 0 amide bonds. The molecule has 1 aromatic carbocycles. The van der Waals surface area contributed by atoms with Crippen LogP contribution in [0.4, 0.5) is 5.69 Å². The molecule has 2 N–H and O–H groups in total. The molecule has 6 heteroatoms. The standard InChI is InChI=1S/C13H18N6/c1-19-17-13(16-18-19)10-2-4-11(5-3-10)15-12-6-8-14-9-7-12/h2-5,12,14-15H,6-9H2,1H3. The van der Waals surface area contributed by atoms with E-state index >= 15 is 0 Å². The van der Waals surface area contributed by atoms with E-state index in [-0.39, 0.29) is 0 Å². The Labute approximate surface area is 112 Å². The van der Waals surface area contributed by atoms with Gasteiger partial charge in [0.15, 0.2) is 0 Å². The van der Waals surface area contributed by atoms with Crippen LogP contribution < -0.4 is 10.6 Å². The van der Waals surface area contributed by atoms with Gasteiger partial charge in [0.1, 0.15) is 0 Å². The number of benzene rings is 1. The van der Waals surface area contributed by atoms with Crippen molar-refractivity contribution in [3.05, 3.63) is 24.3 Å². The van der Waals surface area contributed by atoms with Crippen molar-refractivity contribution in [3.8, 4) is 11.4 Å². The Kier molecular flexibility index (Phi) is 3.41. The lowest BCUT2D eigenvalue weighted by Gasteiger charge is -2.24. The first kappa shape index (κ1) is 12.1. The fourth-order valence-electron chi connectivity index (χ4n) is 2.32. The van der Waals surface area contributed by atoms with Crippen molar-refractivity contribution < 1.29 is 0 Å². The number of hydrogen-bond acceptors (Lipinski definition) is 5. The zero-order chi connectivity index (χ0) is 13.1. The summed E-state index contributed by atoms with van der Waals surface area (Å²) in [6.45, 7) is 2.19. The molecule has 1 aromatic heterocycles. The lowest BCUT2D eigenvalue weighted by Crippen LogP contribution is -2.35. The van der Waals surface area contributed by atoms with Crippen molar-refractivity contribution in [2.75, 3.05) is 18.4 Å². The maximum Gasteiger partial charge on any atom is 0.204 e. The number of hydrogen-bond donors (Lipinski definition) is 2. The minimum absolute atomic E-state index is 0.571. The third-order valence-corrected chi connectivity index (χ3v) is 3.36. The average Bonchev–Trinajstić information content (AvgIpc) is 2.87. The van der Waals surface area contributed by atoms with Crippen molar-refractivity contribution in [1.29, 1.82) is 0 Å². The monoisotopic (exact) mass is 258 g/mol. The van der Waals surface area contributed by atoms with E-state index in [2.05, 4.69) is 38.2 Å². The van der Waals surface area contributed by atoms with Crippen molar-refractivity contribution >= 4 is 5.69 Å². The molecule has 2 aromatic rings. The number of anilines is 1. The van der Waals surface area contributed by atoms with Gasteiger partial charge in [-0.05, 0) is 55.4 Å². The van der Waals surface area contributed by atoms with Crippen molar-refractivity contribution in [3.63, 3.8) is 0 Å². The van der Waals surface area contributed by atoms with E-state index in [1.165, 1.54) is 17.6 Å². The third kappa shape index (κ3) is 2.90. The molecular formula is C13H18N6. The number of nitrogens with zero attached hydrogens (tertiary/aromatic N) is 4. The van der Waals surface area contributed by atoms with Gasteiger partial charge in [0, 0.05) is 17.3 Å². The van der Waals surface area contributed by atoms with Crippen LogP contribution in [0.5, 0.6) is 0 Å². The van der Waals surface area contributed by atoms with E-state index in [9.17, 15) is 0 Å². The van der Waals surface area contributed by atoms with Gasteiger partial charge >= 0.3 is 0 Å². The fraction of sp³-hybridized carbons (Fsp3) is 0.462. The number of tetrazole rings is 1. The van der Waals surface area contributed by atoms with Crippen LogP contribution in [0.1, 0.15) is 12.8 Å². The fourth-order valence-corrected chi connectivity index (χ4v) is 2.32. The molecule has 0 aliphatic carbocycles. The molecule has 1 aliphatic heterocycles. The predicted molar refractivity (Wildman–Crippen MR) is 73.7 cm³/mol. The summed E-state index contributed by atoms with van der Waals surface area (Å²) in [6.07, 6.45) is 2.35. The minimum atomic E-state index is 0.571. The van der Waals surface area contributed by atoms with Crippen LogP contribution in [0.15, 0.2) is 24.3 Å². The molecule has 1 fully saturated rings. The summed E-state index contributed by atoms with van der Waals surface area (Å²) in [7, 11) is 1.77. The Bertz CT molecular complexity index is 526. The number of aryl methyl sites for hydroxylation is 1. The van der Waals surface area contributed by atoms with E-state index in [1.54, 1.807) is 7.05 Å². The van der Waals surface area contributed by atoms with Crippen molar-refractivity contribution in [1.82, 2.24) is 25.5 Å². The molecule has 0 radical (unpaired) electrons. The summed E-state index contributed by atoms with van der Waals surface area (Å²) >= 11 is 0.